The summed E-state index contributed by atoms with van der Waals surface area (Å²) in [5.41, 5.74) is 3.90. The maximum atomic E-state index is 5.45. The minimum Gasteiger partial charge on any atom is -0.465 e. The zero-order valence-corrected chi connectivity index (χ0v) is 10.5. The Morgan fingerprint density at radius 2 is 1.79 bits per heavy atom. The molecule has 1 aromatic rings. The van der Waals surface area contributed by atoms with Crippen LogP contribution >= 0.6 is 9.24 Å². The SMILES string of the molecule is CCCCc1coc(P)c1CCCC. The van der Waals surface area contributed by atoms with Gasteiger partial charge in [-0.3, -0.25) is 0 Å². The van der Waals surface area contributed by atoms with Crippen molar-refractivity contribution in [3.63, 3.8) is 0 Å². The van der Waals surface area contributed by atoms with Crippen molar-refractivity contribution >= 4 is 14.7 Å². The topological polar surface area (TPSA) is 13.1 Å². The van der Waals surface area contributed by atoms with Gasteiger partial charge in [0.15, 0.2) is 0 Å². The maximum Gasteiger partial charge on any atom is 0.122 e. The van der Waals surface area contributed by atoms with Crippen molar-refractivity contribution in [3.8, 4) is 0 Å². The second kappa shape index (κ2) is 6.24. The molecule has 14 heavy (non-hydrogen) atoms. The third kappa shape index (κ3) is 3.13. The first-order valence-electron chi connectivity index (χ1n) is 5.64. The Balaban J connectivity index is 2.62. The average molecular weight is 212 g/mol. The summed E-state index contributed by atoms with van der Waals surface area (Å²) in [5.74, 6) is 0. The summed E-state index contributed by atoms with van der Waals surface area (Å²) in [5, 5.41) is 0. The monoisotopic (exact) mass is 212 g/mol. The van der Waals surface area contributed by atoms with Gasteiger partial charge in [-0.15, -0.1) is 0 Å². The number of hydrogen-bond acceptors (Lipinski definition) is 1. The first-order chi connectivity index (χ1) is 6.79. The summed E-state index contributed by atoms with van der Waals surface area (Å²) in [6.07, 6.45) is 9.32. The van der Waals surface area contributed by atoms with Crippen molar-refractivity contribution in [2.24, 2.45) is 0 Å². The maximum absolute atomic E-state index is 5.45. The highest BCUT2D eigenvalue weighted by atomic mass is 31.0. The van der Waals surface area contributed by atoms with Crippen LogP contribution in [0.3, 0.4) is 0 Å². The van der Waals surface area contributed by atoms with Crippen LogP contribution in [-0.2, 0) is 12.8 Å². The van der Waals surface area contributed by atoms with E-state index in [1.54, 1.807) is 0 Å². The van der Waals surface area contributed by atoms with E-state index in [0.29, 0.717) is 0 Å². The Morgan fingerprint density at radius 3 is 2.43 bits per heavy atom. The summed E-state index contributed by atoms with van der Waals surface area (Å²) in [7, 11) is 2.70. The third-order valence-corrected chi connectivity index (χ3v) is 3.08. The Labute approximate surface area is 89.5 Å². The highest BCUT2D eigenvalue weighted by Crippen LogP contribution is 2.16. The fourth-order valence-electron chi connectivity index (χ4n) is 1.65. The molecule has 0 spiro atoms. The van der Waals surface area contributed by atoms with Crippen LogP contribution < -0.4 is 5.50 Å². The molecule has 0 radical (unpaired) electrons. The van der Waals surface area contributed by atoms with E-state index in [0.717, 1.165) is 5.50 Å². The van der Waals surface area contributed by atoms with E-state index < -0.39 is 0 Å². The molecule has 0 saturated carbocycles. The van der Waals surface area contributed by atoms with Crippen molar-refractivity contribution in [1.82, 2.24) is 0 Å². The zero-order valence-electron chi connectivity index (χ0n) is 9.31. The summed E-state index contributed by atoms with van der Waals surface area (Å²) in [4.78, 5) is 0. The molecule has 0 aromatic carbocycles. The Kier molecular flexibility index (Phi) is 5.25. The third-order valence-electron chi connectivity index (χ3n) is 2.59. The molecule has 0 saturated heterocycles. The predicted molar refractivity (Wildman–Crippen MR) is 65.3 cm³/mol. The lowest BCUT2D eigenvalue weighted by atomic mass is 10.0. The molecule has 1 heterocycles. The number of aryl methyl sites for hydroxylation is 1. The Hall–Kier alpha value is -0.290. The van der Waals surface area contributed by atoms with E-state index in [1.807, 2.05) is 6.26 Å². The van der Waals surface area contributed by atoms with Gasteiger partial charge in [-0.25, -0.2) is 0 Å². The summed E-state index contributed by atoms with van der Waals surface area (Å²) in [6, 6.07) is 0. The van der Waals surface area contributed by atoms with E-state index in [-0.39, 0.29) is 0 Å². The smallest absolute Gasteiger partial charge is 0.122 e. The summed E-state index contributed by atoms with van der Waals surface area (Å²) in [6.45, 7) is 4.46. The van der Waals surface area contributed by atoms with E-state index in [1.165, 1.54) is 49.7 Å². The van der Waals surface area contributed by atoms with Crippen LogP contribution in [0.15, 0.2) is 10.7 Å². The highest BCUT2D eigenvalue weighted by Gasteiger charge is 2.08. The largest absolute Gasteiger partial charge is 0.465 e. The van der Waals surface area contributed by atoms with Crippen LogP contribution in [0.25, 0.3) is 0 Å². The number of furan rings is 1. The molecule has 1 unspecified atom stereocenters. The molecule has 0 fully saturated rings. The zero-order chi connectivity index (χ0) is 10.4. The normalized spacial score (nSPS) is 10.8. The molecule has 0 aliphatic carbocycles. The van der Waals surface area contributed by atoms with Crippen LogP contribution in [0.4, 0.5) is 0 Å². The van der Waals surface area contributed by atoms with Crippen molar-refractivity contribution in [2.45, 2.75) is 52.4 Å². The molecule has 0 aliphatic rings. The van der Waals surface area contributed by atoms with Crippen molar-refractivity contribution in [1.29, 1.82) is 0 Å². The van der Waals surface area contributed by atoms with Gasteiger partial charge in [0.1, 0.15) is 5.50 Å². The van der Waals surface area contributed by atoms with Crippen molar-refractivity contribution in [2.75, 3.05) is 0 Å². The molecule has 2 heteroatoms. The minimum atomic E-state index is 1.05. The van der Waals surface area contributed by atoms with E-state index in [4.69, 9.17) is 4.42 Å². The van der Waals surface area contributed by atoms with Gasteiger partial charge in [-0.05, 0) is 31.2 Å². The molecule has 80 valence electrons. The van der Waals surface area contributed by atoms with Gasteiger partial charge in [0.2, 0.25) is 0 Å². The average Bonchev–Trinajstić information content (AvgIpc) is 2.53. The van der Waals surface area contributed by atoms with Crippen molar-refractivity contribution in [3.05, 3.63) is 17.4 Å². The van der Waals surface area contributed by atoms with Gasteiger partial charge in [-0.2, -0.15) is 0 Å². The number of hydrogen-bond donors (Lipinski definition) is 0. The molecule has 0 bridgehead atoms. The standard InChI is InChI=1S/C12H21OP/c1-3-5-7-10-9-13-12(14)11(10)8-6-4-2/h9H,3-8,14H2,1-2H3. The van der Waals surface area contributed by atoms with E-state index >= 15 is 0 Å². The number of rotatable bonds is 6. The quantitative estimate of drug-likeness (QED) is 0.658. The van der Waals surface area contributed by atoms with Crippen LogP contribution in [0.5, 0.6) is 0 Å². The lowest BCUT2D eigenvalue weighted by molar-refractivity contribution is 0.596. The number of unbranched alkanes of at least 4 members (excludes halogenated alkanes) is 2. The van der Waals surface area contributed by atoms with E-state index in [2.05, 4.69) is 23.1 Å². The van der Waals surface area contributed by atoms with E-state index in [9.17, 15) is 0 Å². The second-order valence-electron chi connectivity index (χ2n) is 3.81. The van der Waals surface area contributed by atoms with Gasteiger partial charge in [0.05, 0.1) is 6.26 Å². The first kappa shape index (κ1) is 11.8. The van der Waals surface area contributed by atoms with Crippen LogP contribution in [0.2, 0.25) is 0 Å². The molecular formula is C12H21OP. The van der Waals surface area contributed by atoms with Gasteiger partial charge in [0, 0.05) is 5.56 Å². The molecule has 1 atom stereocenters. The summed E-state index contributed by atoms with van der Waals surface area (Å²) < 4.78 is 5.45. The second-order valence-corrected chi connectivity index (χ2v) is 4.34. The molecule has 1 rings (SSSR count). The predicted octanol–water partition coefficient (Wildman–Crippen LogP) is 3.47. The minimum absolute atomic E-state index is 1.05. The molecule has 0 N–H and O–H groups in total. The Morgan fingerprint density at radius 1 is 1.14 bits per heavy atom. The fourth-order valence-corrected chi connectivity index (χ4v) is 2.05. The molecule has 0 amide bonds. The molecular weight excluding hydrogens is 191 g/mol. The fraction of sp³-hybridized carbons (Fsp3) is 0.667. The Bertz CT molecular complexity index is 265. The lowest BCUT2D eigenvalue weighted by Gasteiger charge is -2.02. The van der Waals surface area contributed by atoms with Crippen molar-refractivity contribution < 1.29 is 4.42 Å². The molecule has 0 aliphatic heterocycles. The lowest BCUT2D eigenvalue weighted by Crippen LogP contribution is -1.99. The highest BCUT2D eigenvalue weighted by molar-refractivity contribution is 7.26. The first-order valence-corrected chi connectivity index (χ1v) is 6.22. The molecule has 1 nitrogen and oxygen atoms in total. The van der Waals surface area contributed by atoms with Gasteiger partial charge < -0.3 is 4.42 Å². The molecule has 1 aromatic heterocycles. The van der Waals surface area contributed by atoms with Gasteiger partial charge in [-0.1, -0.05) is 35.9 Å². The van der Waals surface area contributed by atoms with Gasteiger partial charge in [0.25, 0.3) is 0 Å². The summed E-state index contributed by atoms with van der Waals surface area (Å²) >= 11 is 0. The van der Waals surface area contributed by atoms with Gasteiger partial charge >= 0.3 is 0 Å². The van der Waals surface area contributed by atoms with Crippen LogP contribution in [0.1, 0.15) is 50.7 Å². The van der Waals surface area contributed by atoms with Crippen LogP contribution in [0, 0.1) is 0 Å². The van der Waals surface area contributed by atoms with Crippen LogP contribution in [-0.4, -0.2) is 0 Å².